The zero-order valence-electron chi connectivity index (χ0n) is 11.7. The maximum absolute atomic E-state index is 12.3. The van der Waals surface area contributed by atoms with Crippen molar-refractivity contribution < 1.29 is 13.5 Å². The first kappa shape index (κ1) is 15.8. The van der Waals surface area contributed by atoms with Crippen molar-refractivity contribution >= 4 is 21.6 Å². The molecule has 2 N–H and O–H groups in total. The van der Waals surface area contributed by atoms with Crippen molar-refractivity contribution in [2.75, 3.05) is 6.54 Å². The van der Waals surface area contributed by atoms with Crippen LogP contribution in [-0.4, -0.2) is 20.1 Å². The SMILES string of the molecule is CC(C)C1(CNS(=O)(=O)c2cc(CO)ccc2Cl)CC1. The molecule has 1 aliphatic carbocycles. The molecule has 0 saturated heterocycles. The van der Waals surface area contributed by atoms with Gasteiger partial charge < -0.3 is 5.11 Å². The first-order valence-electron chi connectivity index (χ1n) is 6.70. The standard InChI is InChI=1S/C14H20ClNO3S/c1-10(2)14(5-6-14)9-16-20(18,19)13-7-11(8-17)3-4-12(13)15/h3-4,7,10,16-17H,5-6,8-9H2,1-2H3. The molecule has 0 spiro atoms. The Balaban J connectivity index is 2.18. The van der Waals surface area contributed by atoms with Crippen LogP contribution in [0.5, 0.6) is 0 Å². The first-order valence-corrected chi connectivity index (χ1v) is 8.56. The van der Waals surface area contributed by atoms with E-state index in [2.05, 4.69) is 18.6 Å². The van der Waals surface area contributed by atoms with Crippen molar-refractivity contribution in [3.8, 4) is 0 Å². The van der Waals surface area contributed by atoms with Crippen molar-refractivity contribution in [1.82, 2.24) is 4.72 Å². The van der Waals surface area contributed by atoms with Crippen LogP contribution in [-0.2, 0) is 16.6 Å². The minimum atomic E-state index is -3.64. The molecular formula is C14H20ClNO3S. The number of aliphatic hydroxyl groups is 1. The highest BCUT2D eigenvalue weighted by atomic mass is 35.5. The minimum absolute atomic E-state index is 0.0327. The number of rotatable bonds is 6. The van der Waals surface area contributed by atoms with E-state index in [0.29, 0.717) is 18.0 Å². The van der Waals surface area contributed by atoms with Crippen LogP contribution in [0.3, 0.4) is 0 Å². The second-order valence-electron chi connectivity index (χ2n) is 5.76. The molecule has 0 amide bonds. The van der Waals surface area contributed by atoms with Gasteiger partial charge in [0.1, 0.15) is 4.90 Å². The fraction of sp³-hybridized carbons (Fsp3) is 0.571. The molecule has 0 aromatic heterocycles. The van der Waals surface area contributed by atoms with Crippen LogP contribution in [0.25, 0.3) is 0 Å². The zero-order chi connectivity index (χ0) is 15.0. The summed E-state index contributed by atoms with van der Waals surface area (Å²) in [5.41, 5.74) is 0.619. The fourth-order valence-electron chi connectivity index (χ4n) is 2.29. The van der Waals surface area contributed by atoms with E-state index in [0.717, 1.165) is 12.8 Å². The van der Waals surface area contributed by atoms with Gasteiger partial charge in [-0.05, 0) is 41.9 Å². The quantitative estimate of drug-likeness (QED) is 0.847. The van der Waals surface area contributed by atoms with E-state index in [-0.39, 0.29) is 21.9 Å². The lowest BCUT2D eigenvalue weighted by Gasteiger charge is -2.20. The Morgan fingerprint density at radius 1 is 1.40 bits per heavy atom. The zero-order valence-corrected chi connectivity index (χ0v) is 13.3. The molecule has 6 heteroatoms. The molecule has 1 aliphatic rings. The van der Waals surface area contributed by atoms with Crippen LogP contribution in [0.15, 0.2) is 23.1 Å². The molecule has 4 nitrogen and oxygen atoms in total. The lowest BCUT2D eigenvalue weighted by Crippen LogP contribution is -2.32. The molecule has 1 aromatic carbocycles. The Kier molecular flexibility index (Phi) is 4.44. The lowest BCUT2D eigenvalue weighted by molar-refractivity contribution is 0.281. The average molecular weight is 318 g/mol. The minimum Gasteiger partial charge on any atom is -0.392 e. The van der Waals surface area contributed by atoms with Gasteiger partial charge in [0.25, 0.3) is 0 Å². The number of hydrogen-bond acceptors (Lipinski definition) is 3. The molecule has 20 heavy (non-hydrogen) atoms. The molecule has 0 aliphatic heterocycles. The van der Waals surface area contributed by atoms with Crippen molar-refractivity contribution in [2.45, 2.75) is 38.2 Å². The molecule has 0 bridgehead atoms. The van der Waals surface area contributed by atoms with E-state index < -0.39 is 10.0 Å². The maximum Gasteiger partial charge on any atom is 0.242 e. The monoisotopic (exact) mass is 317 g/mol. The van der Waals surface area contributed by atoms with E-state index >= 15 is 0 Å². The third-order valence-electron chi connectivity index (χ3n) is 4.20. The largest absolute Gasteiger partial charge is 0.392 e. The summed E-state index contributed by atoms with van der Waals surface area (Å²) in [6.45, 7) is 4.45. The van der Waals surface area contributed by atoms with Gasteiger partial charge >= 0.3 is 0 Å². The van der Waals surface area contributed by atoms with Crippen LogP contribution in [0.4, 0.5) is 0 Å². The van der Waals surface area contributed by atoms with Crippen molar-refractivity contribution in [2.24, 2.45) is 11.3 Å². The Labute approximate surface area is 125 Å². The Morgan fingerprint density at radius 2 is 2.05 bits per heavy atom. The fourth-order valence-corrected chi connectivity index (χ4v) is 3.97. The topological polar surface area (TPSA) is 66.4 Å². The lowest BCUT2D eigenvalue weighted by atomic mass is 9.93. The number of sulfonamides is 1. The third kappa shape index (κ3) is 3.17. The van der Waals surface area contributed by atoms with Crippen LogP contribution in [0.2, 0.25) is 5.02 Å². The van der Waals surface area contributed by atoms with E-state index in [9.17, 15) is 8.42 Å². The van der Waals surface area contributed by atoms with Crippen LogP contribution in [0.1, 0.15) is 32.3 Å². The summed E-state index contributed by atoms with van der Waals surface area (Å²) in [5.74, 6) is 0.449. The summed E-state index contributed by atoms with van der Waals surface area (Å²) < 4.78 is 27.3. The van der Waals surface area contributed by atoms with Gasteiger partial charge in [0.15, 0.2) is 0 Å². The number of aliphatic hydroxyl groups excluding tert-OH is 1. The molecule has 112 valence electrons. The van der Waals surface area contributed by atoms with E-state index in [1.807, 2.05) is 0 Å². The number of benzene rings is 1. The molecule has 0 atom stereocenters. The smallest absolute Gasteiger partial charge is 0.242 e. The first-order chi connectivity index (χ1) is 9.31. The summed E-state index contributed by atoms with van der Waals surface area (Å²) in [6.07, 6.45) is 2.11. The predicted molar refractivity (Wildman–Crippen MR) is 79.1 cm³/mol. The molecule has 0 heterocycles. The molecule has 1 saturated carbocycles. The summed E-state index contributed by atoms with van der Waals surface area (Å²) in [5, 5.41) is 9.27. The van der Waals surface area contributed by atoms with Crippen molar-refractivity contribution in [3.63, 3.8) is 0 Å². The van der Waals surface area contributed by atoms with Gasteiger partial charge in [-0.2, -0.15) is 0 Å². The van der Waals surface area contributed by atoms with Gasteiger partial charge in [0.05, 0.1) is 11.6 Å². The van der Waals surface area contributed by atoms with Gasteiger partial charge in [0.2, 0.25) is 10.0 Å². The van der Waals surface area contributed by atoms with E-state index in [1.165, 1.54) is 12.1 Å². The van der Waals surface area contributed by atoms with Crippen LogP contribution < -0.4 is 4.72 Å². The summed E-state index contributed by atoms with van der Waals surface area (Å²) in [4.78, 5) is 0.0327. The average Bonchev–Trinajstić information content (AvgIpc) is 3.18. The highest BCUT2D eigenvalue weighted by Gasteiger charge is 2.45. The summed E-state index contributed by atoms with van der Waals surface area (Å²) in [7, 11) is -3.64. The van der Waals surface area contributed by atoms with Crippen molar-refractivity contribution in [3.05, 3.63) is 28.8 Å². The molecule has 0 unspecified atom stereocenters. The highest BCUT2D eigenvalue weighted by molar-refractivity contribution is 7.89. The van der Waals surface area contributed by atoms with Gasteiger partial charge in [-0.3, -0.25) is 0 Å². The number of halogens is 1. The molecule has 2 rings (SSSR count). The Hall–Kier alpha value is -0.620. The second kappa shape index (κ2) is 5.64. The van der Waals surface area contributed by atoms with Gasteiger partial charge in [-0.25, -0.2) is 13.1 Å². The number of nitrogens with one attached hydrogen (secondary N) is 1. The normalized spacial score (nSPS) is 17.4. The molecule has 0 radical (unpaired) electrons. The second-order valence-corrected chi connectivity index (χ2v) is 7.91. The molecule has 1 fully saturated rings. The van der Waals surface area contributed by atoms with Gasteiger partial charge in [-0.1, -0.05) is 31.5 Å². The Morgan fingerprint density at radius 3 is 2.55 bits per heavy atom. The molecular weight excluding hydrogens is 298 g/mol. The van der Waals surface area contributed by atoms with Gasteiger partial charge in [-0.15, -0.1) is 0 Å². The van der Waals surface area contributed by atoms with Crippen molar-refractivity contribution in [1.29, 1.82) is 0 Å². The summed E-state index contributed by atoms with van der Waals surface area (Å²) in [6, 6.07) is 4.52. The summed E-state index contributed by atoms with van der Waals surface area (Å²) >= 11 is 5.97. The van der Waals surface area contributed by atoms with Crippen LogP contribution >= 0.6 is 11.6 Å². The predicted octanol–water partition coefficient (Wildman–Crippen LogP) is 2.55. The van der Waals surface area contributed by atoms with E-state index in [1.54, 1.807) is 6.07 Å². The number of hydrogen-bond donors (Lipinski definition) is 2. The third-order valence-corrected chi connectivity index (χ3v) is 6.08. The Bertz CT molecular complexity index is 594. The highest BCUT2D eigenvalue weighted by Crippen LogP contribution is 2.51. The van der Waals surface area contributed by atoms with Crippen LogP contribution in [0, 0.1) is 11.3 Å². The van der Waals surface area contributed by atoms with E-state index in [4.69, 9.17) is 16.7 Å². The van der Waals surface area contributed by atoms with Gasteiger partial charge in [0, 0.05) is 6.54 Å². The molecule has 1 aromatic rings. The maximum atomic E-state index is 12.3.